The zero-order valence-corrected chi connectivity index (χ0v) is 13.6. The molecule has 0 saturated heterocycles. The van der Waals surface area contributed by atoms with Crippen LogP contribution in [0.3, 0.4) is 0 Å². The van der Waals surface area contributed by atoms with Gasteiger partial charge in [0.1, 0.15) is 0 Å². The van der Waals surface area contributed by atoms with Gasteiger partial charge in [-0.05, 0) is 31.7 Å². The van der Waals surface area contributed by atoms with Crippen LogP contribution in [0.5, 0.6) is 0 Å². The van der Waals surface area contributed by atoms with Crippen LogP contribution in [0.1, 0.15) is 25.3 Å². The first-order valence-electron chi connectivity index (χ1n) is 6.42. The first-order valence-corrected chi connectivity index (χ1v) is 8.03. The molecule has 1 aromatic carbocycles. The second-order valence-corrected chi connectivity index (χ2v) is 5.96. The molecule has 1 aromatic rings. The molecule has 1 aliphatic heterocycles. The van der Waals surface area contributed by atoms with E-state index < -0.39 is 5.92 Å². The second-order valence-electron chi connectivity index (χ2n) is 4.73. The number of dihydropyridines is 1. The predicted molar refractivity (Wildman–Crippen MR) is 86.9 cm³/mol. The Kier molecular flexibility index (Phi) is 4.76. The van der Waals surface area contributed by atoms with E-state index in [2.05, 4.69) is 11.4 Å². The summed E-state index contributed by atoms with van der Waals surface area (Å²) in [5, 5.41) is 14.0. The van der Waals surface area contributed by atoms with Gasteiger partial charge in [0.05, 0.1) is 22.6 Å². The number of benzene rings is 1. The number of allylic oxidation sites excluding steroid dienone is 3. The van der Waals surface area contributed by atoms with Crippen molar-refractivity contribution in [3.63, 3.8) is 0 Å². The lowest BCUT2D eigenvalue weighted by Gasteiger charge is -2.29. The molecule has 0 radical (unpaired) electrons. The van der Waals surface area contributed by atoms with Gasteiger partial charge >= 0.3 is 0 Å². The summed E-state index contributed by atoms with van der Waals surface area (Å²) < 4.78 is 0. The van der Waals surface area contributed by atoms with Crippen LogP contribution in [0.4, 0.5) is 0 Å². The maximum atomic E-state index is 12.1. The molecule has 1 N–H and O–H groups in total. The van der Waals surface area contributed by atoms with Gasteiger partial charge in [0, 0.05) is 16.3 Å². The normalized spacial score (nSPS) is 18.3. The van der Waals surface area contributed by atoms with E-state index >= 15 is 0 Å². The van der Waals surface area contributed by atoms with Crippen molar-refractivity contribution >= 4 is 29.1 Å². The van der Waals surface area contributed by atoms with E-state index in [1.807, 2.05) is 31.4 Å². The molecule has 1 heterocycles. The summed E-state index contributed by atoms with van der Waals surface area (Å²) in [4.78, 5) is 12.1. The lowest BCUT2D eigenvalue weighted by atomic mass is 9.81. The Bertz CT molecular complexity index is 700. The van der Waals surface area contributed by atoms with E-state index in [0.29, 0.717) is 16.2 Å². The summed E-state index contributed by atoms with van der Waals surface area (Å²) in [6.45, 7) is 3.37. The van der Waals surface area contributed by atoms with Gasteiger partial charge in [0.2, 0.25) is 0 Å². The smallest absolute Gasteiger partial charge is 0.158 e. The number of nitrogens with zero attached hydrogens (tertiary/aromatic N) is 1. The second kappa shape index (κ2) is 6.38. The predicted octanol–water partition coefficient (Wildman–Crippen LogP) is 3.99. The number of Topliss-reactive ketones (excluding diaryl/α,β-unsaturated/α-hetero) is 1. The average Bonchev–Trinajstić information content (AvgIpc) is 2.46. The summed E-state index contributed by atoms with van der Waals surface area (Å²) in [5.74, 6) is -0.470. The molecule has 108 valence electrons. The maximum absolute atomic E-state index is 12.1. The zero-order valence-electron chi connectivity index (χ0n) is 12.0. The fraction of sp³-hybridized carbons (Fsp3) is 0.250. The van der Waals surface area contributed by atoms with Crippen molar-refractivity contribution < 1.29 is 4.79 Å². The monoisotopic (exact) mass is 318 g/mol. The summed E-state index contributed by atoms with van der Waals surface area (Å²) in [5.41, 5.74) is 2.69. The van der Waals surface area contributed by atoms with Crippen molar-refractivity contribution in [2.24, 2.45) is 0 Å². The molecule has 21 heavy (non-hydrogen) atoms. The molecular weight excluding hydrogens is 304 g/mol. The molecule has 2 rings (SSSR count). The highest BCUT2D eigenvalue weighted by Crippen LogP contribution is 2.42. The number of nitriles is 1. The fourth-order valence-electron chi connectivity index (χ4n) is 2.56. The Labute approximate surface area is 133 Å². The molecule has 1 aliphatic rings. The van der Waals surface area contributed by atoms with Crippen LogP contribution in [-0.4, -0.2) is 12.0 Å². The third kappa shape index (κ3) is 2.85. The van der Waals surface area contributed by atoms with E-state index in [1.54, 1.807) is 6.07 Å². The number of carbonyl (C=O) groups is 1. The molecule has 0 unspecified atom stereocenters. The standard InChI is InChI=1S/C16H15ClN2OS/c1-9-14(10(2)20)15(11-6-4-5-7-13(11)17)12(8-18)16(19-9)21-3/h4-7,15,19H,1-3H3/t15-/m0/s1. The largest absolute Gasteiger partial charge is 0.353 e. The minimum atomic E-state index is -0.412. The molecule has 0 spiro atoms. The SMILES string of the molecule is CSC1=C(C#N)[C@H](c2ccccc2Cl)C(C(C)=O)=C(C)N1. The van der Waals surface area contributed by atoms with Crippen molar-refractivity contribution in [2.45, 2.75) is 19.8 Å². The number of ketones is 1. The Morgan fingerprint density at radius 2 is 2.10 bits per heavy atom. The van der Waals surface area contributed by atoms with Crippen LogP contribution in [0.2, 0.25) is 5.02 Å². The first kappa shape index (κ1) is 15.7. The summed E-state index contributed by atoms with van der Waals surface area (Å²) in [6, 6.07) is 9.58. The number of hydrogen-bond acceptors (Lipinski definition) is 4. The molecule has 0 amide bonds. The van der Waals surface area contributed by atoms with Crippen molar-refractivity contribution in [1.29, 1.82) is 5.26 Å². The van der Waals surface area contributed by atoms with Crippen molar-refractivity contribution in [2.75, 3.05) is 6.26 Å². The van der Waals surface area contributed by atoms with Crippen LogP contribution in [0, 0.1) is 11.3 Å². The Hall–Kier alpha value is -1.70. The molecule has 5 heteroatoms. The van der Waals surface area contributed by atoms with E-state index in [4.69, 9.17) is 11.6 Å². The number of hydrogen-bond donors (Lipinski definition) is 1. The number of nitrogens with one attached hydrogen (secondary N) is 1. The number of carbonyl (C=O) groups excluding carboxylic acids is 1. The highest BCUT2D eigenvalue weighted by atomic mass is 35.5. The van der Waals surface area contributed by atoms with E-state index in [1.165, 1.54) is 18.7 Å². The number of thioether (sulfide) groups is 1. The van der Waals surface area contributed by atoms with Crippen LogP contribution in [0.15, 0.2) is 46.1 Å². The third-order valence-electron chi connectivity index (χ3n) is 3.45. The first-order chi connectivity index (χ1) is 10.0. The lowest BCUT2D eigenvalue weighted by Crippen LogP contribution is -2.27. The van der Waals surface area contributed by atoms with Crippen molar-refractivity contribution in [3.8, 4) is 6.07 Å². The van der Waals surface area contributed by atoms with Crippen molar-refractivity contribution in [1.82, 2.24) is 5.32 Å². The Morgan fingerprint density at radius 1 is 1.43 bits per heavy atom. The van der Waals surface area contributed by atoms with Gasteiger partial charge in [-0.15, -0.1) is 11.8 Å². The van der Waals surface area contributed by atoms with Crippen LogP contribution < -0.4 is 5.32 Å². The third-order valence-corrected chi connectivity index (χ3v) is 4.52. The quantitative estimate of drug-likeness (QED) is 0.915. The number of rotatable bonds is 3. The zero-order chi connectivity index (χ0) is 15.6. The molecule has 0 aliphatic carbocycles. The van der Waals surface area contributed by atoms with Gasteiger partial charge in [-0.3, -0.25) is 4.79 Å². The minimum absolute atomic E-state index is 0.0576. The van der Waals surface area contributed by atoms with Crippen LogP contribution in [-0.2, 0) is 4.79 Å². The summed E-state index contributed by atoms with van der Waals surface area (Å²) in [7, 11) is 0. The van der Waals surface area contributed by atoms with E-state index in [-0.39, 0.29) is 5.78 Å². The summed E-state index contributed by atoms with van der Waals surface area (Å²) >= 11 is 7.75. The van der Waals surface area contributed by atoms with Gasteiger partial charge < -0.3 is 5.32 Å². The van der Waals surface area contributed by atoms with E-state index in [0.717, 1.165) is 16.3 Å². The molecular formula is C16H15ClN2OS. The van der Waals surface area contributed by atoms with Gasteiger partial charge in [0.25, 0.3) is 0 Å². The van der Waals surface area contributed by atoms with Crippen LogP contribution in [0.25, 0.3) is 0 Å². The maximum Gasteiger partial charge on any atom is 0.158 e. The van der Waals surface area contributed by atoms with Gasteiger partial charge in [0.15, 0.2) is 5.78 Å². The molecule has 0 fully saturated rings. The van der Waals surface area contributed by atoms with Gasteiger partial charge in [-0.25, -0.2) is 0 Å². The Morgan fingerprint density at radius 3 is 2.62 bits per heavy atom. The topological polar surface area (TPSA) is 52.9 Å². The molecule has 3 nitrogen and oxygen atoms in total. The number of halogens is 1. The molecule has 0 bridgehead atoms. The molecule has 1 atom stereocenters. The van der Waals surface area contributed by atoms with Gasteiger partial charge in [-0.2, -0.15) is 5.26 Å². The average molecular weight is 319 g/mol. The highest BCUT2D eigenvalue weighted by Gasteiger charge is 2.33. The van der Waals surface area contributed by atoms with Gasteiger partial charge in [-0.1, -0.05) is 29.8 Å². The van der Waals surface area contributed by atoms with E-state index in [9.17, 15) is 10.1 Å². The Balaban J connectivity index is 2.73. The fourth-order valence-corrected chi connectivity index (χ4v) is 3.44. The lowest BCUT2D eigenvalue weighted by molar-refractivity contribution is -0.113. The molecule has 0 saturated carbocycles. The summed E-state index contributed by atoms with van der Waals surface area (Å²) in [6.07, 6.45) is 1.90. The molecule has 0 aromatic heterocycles. The minimum Gasteiger partial charge on any atom is -0.353 e. The van der Waals surface area contributed by atoms with Crippen LogP contribution >= 0.6 is 23.4 Å². The van der Waals surface area contributed by atoms with Crippen molar-refractivity contribution in [3.05, 3.63) is 56.7 Å². The highest BCUT2D eigenvalue weighted by molar-refractivity contribution is 8.02.